The summed E-state index contributed by atoms with van der Waals surface area (Å²) < 4.78 is 0. The zero-order chi connectivity index (χ0) is 9.31. The quantitative estimate of drug-likeness (QED) is 0.664. The molecule has 0 aromatic heterocycles. The van der Waals surface area contributed by atoms with Crippen LogP contribution in [0.2, 0.25) is 0 Å². The molecule has 2 aliphatic carbocycles. The number of nitrogens with one attached hydrogen (secondary N) is 1. The highest BCUT2D eigenvalue weighted by Gasteiger charge is 2.41. The van der Waals surface area contributed by atoms with Crippen molar-refractivity contribution < 1.29 is 0 Å². The van der Waals surface area contributed by atoms with Gasteiger partial charge in [-0.1, -0.05) is 13.8 Å². The van der Waals surface area contributed by atoms with Gasteiger partial charge in [-0.2, -0.15) is 0 Å². The Labute approximate surface area is 82.3 Å². The third-order valence-electron chi connectivity index (χ3n) is 4.08. The van der Waals surface area contributed by atoms with Gasteiger partial charge in [0.25, 0.3) is 0 Å². The second kappa shape index (κ2) is 3.61. The van der Waals surface area contributed by atoms with Crippen LogP contribution in [-0.2, 0) is 0 Å². The first-order chi connectivity index (χ1) is 6.29. The first-order valence-electron chi connectivity index (χ1n) is 6.03. The third kappa shape index (κ3) is 2.25. The summed E-state index contributed by atoms with van der Waals surface area (Å²) in [7, 11) is 0. The highest BCUT2D eigenvalue weighted by molar-refractivity contribution is 4.95. The van der Waals surface area contributed by atoms with E-state index in [2.05, 4.69) is 19.2 Å². The fraction of sp³-hybridized carbons (Fsp3) is 1.00. The average Bonchev–Trinajstić information content (AvgIpc) is 3.01. The molecule has 1 nitrogen and oxygen atoms in total. The molecular formula is C12H23N. The highest BCUT2D eigenvalue weighted by atomic mass is 14.9. The highest BCUT2D eigenvalue weighted by Crippen LogP contribution is 2.48. The molecule has 0 radical (unpaired) electrons. The Kier molecular flexibility index (Phi) is 2.64. The Balaban J connectivity index is 1.70. The zero-order valence-electron chi connectivity index (χ0n) is 9.10. The summed E-state index contributed by atoms with van der Waals surface area (Å²) in [6.45, 7) is 5.95. The number of hydrogen-bond acceptors (Lipinski definition) is 1. The monoisotopic (exact) mass is 181 g/mol. The van der Waals surface area contributed by atoms with Crippen LogP contribution in [0.15, 0.2) is 0 Å². The molecule has 2 aliphatic rings. The van der Waals surface area contributed by atoms with E-state index >= 15 is 0 Å². The van der Waals surface area contributed by atoms with Crippen LogP contribution in [0.1, 0.15) is 52.4 Å². The molecule has 0 bridgehead atoms. The molecule has 2 rings (SSSR count). The van der Waals surface area contributed by atoms with Gasteiger partial charge in [0.1, 0.15) is 0 Å². The Morgan fingerprint density at radius 1 is 1.31 bits per heavy atom. The molecule has 1 heteroatoms. The molecule has 13 heavy (non-hydrogen) atoms. The smallest absolute Gasteiger partial charge is 0.00929 e. The van der Waals surface area contributed by atoms with Crippen LogP contribution >= 0.6 is 0 Å². The van der Waals surface area contributed by atoms with Crippen molar-refractivity contribution in [1.29, 1.82) is 0 Å². The summed E-state index contributed by atoms with van der Waals surface area (Å²) in [5.41, 5.74) is 0.725. The normalized spacial score (nSPS) is 27.2. The van der Waals surface area contributed by atoms with Gasteiger partial charge in [-0.15, -0.1) is 0 Å². The topological polar surface area (TPSA) is 12.0 Å². The van der Waals surface area contributed by atoms with Crippen LogP contribution in [0.4, 0.5) is 0 Å². The van der Waals surface area contributed by atoms with Crippen molar-refractivity contribution in [1.82, 2.24) is 5.32 Å². The van der Waals surface area contributed by atoms with E-state index in [4.69, 9.17) is 0 Å². The lowest BCUT2D eigenvalue weighted by Gasteiger charge is -2.20. The van der Waals surface area contributed by atoms with Crippen molar-refractivity contribution in [3.63, 3.8) is 0 Å². The van der Waals surface area contributed by atoms with Gasteiger partial charge in [0.2, 0.25) is 0 Å². The van der Waals surface area contributed by atoms with E-state index in [0.717, 1.165) is 17.4 Å². The summed E-state index contributed by atoms with van der Waals surface area (Å²) >= 11 is 0. The lowest BCUT2D eigenvalue weighted by atomic mass is 10.0. The molecule has 1 unspecified atom stereocenters. The lowest BCUT2D eigenvalue weighted by molar-refractivity contribution is 0.372. The predicted octanol–water partition coefficient (Wildman–Crippen LogP) is 2.95. The van der Waals surface area contributed by atoms with Crippen LogP contribution in [-0.4, -0.2) is 12.6 Å². The van der Waals surface area contributed by atoms with Crippen LogP contribution < -0.4 is 5.32 Å². The van der Waals surface area contributed by atoms with Gasteiger partial charge in [-0.25, -0.2) is 0 Å². The minimum atomic E-state index is 0.725. The van der Waals surface area contributed by atoms with E-state index in [0.29, 0.717) is 0 Å². The van der Waals surface area contributed by atoms with E-state index < -0.39 is 0 Å². The van der Waals surface area contributed by atoms with Crippen LogP contribution in [0, 0.1) is 11.3 Å². The maximum Gasteiger partial charge on any atom is 0.00929 e. The standard InChI is InChI=1S/C12H23N/c1-3-11(10-5-6-10)13-9-12(4-2)7-8-12/h10-11,13H,3-9H2,1-2H3. The van der Waals surface area contributed by atoms with Gasteiger partial charge < -0.3 is 5.32 Å². The molecule has 2 saturated carbocycles. The summed E-state index contributed by atoms with van der Waals surface area (Å²) in [4.78, 5) is 0. The number of hydrogen-bond donors (Lipinski definition) is 1. The van der Waals surface area contributed by atoms with Crippen molar-refractivity contribution in [2.45, 2.75) is 58.4 Å². The Morgan fingerprint density at radius 2 is 2.00 bits per heavy atom. The SMILES string of the molecule is CCC(NCC1(CC)CC1)C1CC1. The Morgan fingerprint density at radius 3 is 2.38 bits per heavy atom. The molecule has 0 heterocycles. The fourth-order valence-electron chi connectivity index (χ4n) is 2.32. The maximum absolute atomic E-state index is 3.79. The largest absolute Gasteiger partial charge is 0.313 e. The number of rotatable bonds is 6. The van der Waals surface area contributed by atoms with Crippen LogP contribution in [0.5, 0.6) is 0 Å². The van der Waals surface area contributed by atoms with Crippen molar-refractivity contribution in [2.75, 3.05) is 6.54 Å². The average molecular weight is 181 g/mol. The molecule has 2 fully saturated rings. The van der Waals surface area contributed by atoms with Crippen LogP contribution in [0.3, 0.4) is 0 Å². The first kappa shape index (κ1) is 9.51. The molecule has 76 valence electrons. The summed E-state index contributed by atoms with van der Waals surface area (Å²) in [6.07, 6.45) is 8.59. The van der Waals surface area contributed by atoms with Gasteiger partial charge >= 0.3 is 0 Å². The van der Waals surface area contributed by atoms with E-state index in [-0.39, 0.29) is 0 Å². The molecular weight excluding hydrogens is 158 g/mol. The van der Waals surface area contributed by atoms with Gasteiger partial charge in [0, 0.05) is 12.6 Å². The molecule has 0 aromatic rings. The van der Waals surface area contributed by atoms with Crippen LogP contribution in [0.25, 0.3) is 0 Å². The van der Waals surface area contributed by atoms with Gasteiger partial charge in [0.05, 0.1) is 0 Å². The van der Waals surface area contributed by atoms with Crippen molar-refractivity contribution in [3.8, 4) is 0 Å². The van der Waals surface area contributed by atoms with E-state index in [1.165, 1.54) is 45.1 Å². The minimum absolute atomic E-state index is 0.725. The molecule has 0 amide bonds. The van der Waals surface area contributed by atoms with Gasteiger partial charge in [-0.3, -0.25) is 0 Å². The summed E-state index contributed by atoms with van der Waals surface area (Å²) in [6, 6.07) is 0.837. The Hall–Kier alpha value is -0.0400. The van der Waals surface area contributed by atoms with Crippen molar-refractivity contribution >= 4 is 0 Å². The van der Waals surface area contributed by atoms with E-state index in [9.17, 15) is 0 Å². The van der Waals surface area contributed by atoms with Crippen molar-refractivity contribution in [3.05, 3.63) is 0 Å². The van der Waals surface area contributed by atoms with Gasteiger partial charge in [-0.05, 0) is 49.9 Å². The first-order valence-corrected chi connectivity index (χ1v) is 6.03. The van der Waals surface area contributed by atoms with E-state index in [1.807, 2.05) is 0 Å². The zero-order valence-corrected chi connectivity index (χ0v) is 9.10. The molecule has 0 aliphatic heterocycles. The maximum atomic E-state index is 3.79. The third-order valence-corrected chi connectivity index (χ3v) is 4.08. The predicted molar refractivity (Wildman–Crippen MR) is 56.8 cm³/mol. The molecule has 1 atom stereocenters. The fourth-order valence-corrected chi connectivity index (χ4v) is 2.32. The minimum Gasteiger partial charge on any atom is -0.313 e. The molecule has 1 N–H and O–H groups in total. The van der Waals surface area contributed by atoms with E-state index in [1.54, 1.807) is 0 Å². The summed E-state index contributed by atoms with van der Waals surface area (Å²) in [5, 5.41) is 3.79. The van der Waals surface area contributed by atoms with Crippen molar-refractivity contribution in [2.24, 2.45) is 11.3 Å². The molecule has 0 saturated heterocycles. The molecule has 0 spiro atoms. The molecule has 0 aromatic carbocycles. The van der Waals surface area contributed by atoms with Gasteiger partial charge in [0.15, 0.2) is 0 Å². The summed E-state index contributed by atoms with van der Waals surface area (Å²) in [5.74, 6) is 1.03. The lowest BCUT2D eigenvalue weighted by Crippen LogP contribution is -2.35. The second-order valence-corrected chi connectivity index (χ2v) is 5.09. The Bertz CT molecular complexity index is 168. The second-order valence-electron chi connectivity index (χ2n) is 5.09.